The Morgan fingerprint density at radius 1 is 1.23 bits per heavy atom. The molecule has 0 bridgehead atoms. The van der Waals surface area contributed by atoms with Crippen molar-refractivity contribution in [3.05, 3.63) is 34.8 Å². The van der Waals surface area contributed by atoms with Crippen LogP contribution in [0.5, 0.6) is 5.75 Å². The lowest BCUT2D eigenvalue weighted by Crippen LogP contribution is -2.43. The zero-order valence-electron chi connectivity index (χ0n) is 16.1. The number of nitrogens with two attached hydrogens (primary N) is 1. The van der Waals surface area contributed by atoms with Crippen molar-refractivity contribution >= 4 is 46.6 Å². The summed E-state index contributed by atoms with van der Waals surface area (Å²) in [6.45, 7) is 11.8. The second kappa shape index (κ2) is 6.66. The summed E-state index contributed by atoms with van der Waals surface area (Å²) in [7, 11) is -1.93. The second-order valence-electron chi connectivity index (χ2n) is 8.53. The average molecular weight is 435 g/mol. The largest absolute Gasteiger partial charge is 0.543 e. The average Bonchev–Trinajstić information content (AvgIpc) is 2.85. The maximum atomic E-state index is 12.5. The van der Waals surface area contributed by atoms with Crippen molar-refractivity contribution in [3.8, 4) is 5.75 Å². The fourth-order valence-corrected chi connectivity index (χ4v) is 4.55. The fraction of sp³-hybridized carbons (Fsp3) is 0.450. The van der Waals surface area contributed by atoms with Crippen LogP contribution in [0.3, 0.4) is 0 Å². The van der Waals surface area contributed by atoms with Gasteiger partial charge >= 0.3 is 0 Å². The minimum atomic E-state index is -1.93. The predicted molar refractivity (Wildman–Crippen MR) is 114 cm³/mol. The van der Waals surface area contributed by atoms with Gasteiger partial charge in [0.15, 0.2) is 0 Å². The molecule has 1 fully saturated rings. The molecule has 1 amide bonds. The molecule has 3 rings (SSSR count). The summed E-state index contributed by atoms with van der Waals surface area (Å²) in [6.07, 6.45) is 0.682. The molecule has 2 N–H and O–H groups in total. The quantitative estimate of drug-likeness (QED) is 0.687. The Balaban J connectivity index is 2.09. The summed E-state index contributed by atoms with van der Waals surface area (Å²) in [5.74, 6) is 0.841. The van der Waals surface area contributed by atoms with Crippen molar-refractivity contribution in [3.63, 3.8) is 0 Å². The highest BCUT2D eigenvalue weighted by Gasteiger charge is 2.39. The molecular formula is C20H27BrN2O2Si. The van der Waals surface area contributed by atoms with Crippen molar-refractivity contribution in [1.29, 1.82) is 0 Å². The van der Waals surface area contributed by atoms with Gasteiger partial charge in [0.2, 0.25) is 14.2 Å². The molecule has 2 aromatic carbocycles. The van der Waals surface area contributed by atoms with E-state index in [1.54, 1.807) is 4.90 Å². The number of hydrogen-bond acceptors (Lipinski definition) is 3. The van der Waals surface area contributed by atoms with Gasteiger partial charge in [-0.15, -0.1) is 0 Å². The normalized spacial score (nSPS) is 18.7. The summed E-state index contributed by atoms with van der Waals surface area (Å²) in [6, 6.07) is 9.78. The highest BCUT2D eigenvalue weighted by atomic mass is 79.9. The monoisotopic (exact) mass is 434 g/mol. The number of amides is 1. The van der Waals surface area contributed by atoms with Crippen LogP contribution in [0.4, 0.5) is 5.69 Å². The third-order valence-corrected chi connectivity index (χ3v) is 10.6. The van der Waals surface area contributed by atoms with E-state index in [4.69, 9.17) is 10.2 Å². The van der Waals surface area contributed by atoms with Crippen LogP contribution in [0.1, 0.15) is 27.2 Å². The number of fused-ring (bicyclic) bond motifs is 1. The topological polar surface area (TPSA) is 55.6 Å². The van der Waals surface area contributed by atoms with Gasteiger partial charge in [0.05, 0.1) is 11.7 Å². The highest BCUT2D eigenvalue weighted by Crippen LogP contribution is 2.41. The van der Waals surface area contributed by atoms with Crippen LogP contribution in [0.15, 0.2) is 34.8 Å². The third kappa shape index (κ3) is 3.42. The summed E-state index contributed by atoms with van der Waals surface area (Å²) >= 11 is 3.63. The lowest BCUT2D eigenvalue weighted by Gasteiger charge is -2.36. The van der Waals surface area contributed by atoms with Crippen LogP contribution in [-0.4, -0.2) is 26.8 Å². The van der Waals surface area contributed by atoms with Gasteiger partial charge in [0, 0.05) is 16.4 Å². The van der Waals surface area contributed by atoms with E-state index in [0.717, 1.165) is 26.7 Å². The Hall–Kier alpha value is -1.37. The number of hydrogen-bond donors (Lipinski definition) is 1. The Labute approximate surface area is 165 Å². The first-order valence-electron chi connectivity index (χ1n) is 8.99. The van der Waals surface area contributed by atoms with Gasteiger partial charge < -0.3 is 15.1 Å². The third-order valence-electron chi connectivity index (χ3n) is 5.61. The smallest absolute Gasteiger partial charge is 0.250 e. The highest BCUT2D eigenvalue weighted by molar-refractivity contribution is 9.10. The molecule has 1 aliphatic heterocycles. The van der Waals surface area contributed by atoms with E-state index in [9.17, 15) is 4.79 Å². The number of halogens is 1. The van der Waals surface area contributed by atoms with Gasteiger partial charge in [0.25, 0.3) is 0 Å². The van der Waals surface area contributed by atoms with Crippen LogP contribution >= 0.6 is 15.9 Å². The Kier molecular flexibility index (Phi) is 4.96. The Morgan fingerprint density at radius 2 is 1.88 bits per heavy atom. The lowest BCUT2D eigenvalue weighted by molar-refractivity contribution is -0.118. The number of carbonyl (C=O) groups is 1. The minimum absolute atomic E-state index is 0.0195. The standard InChI is InChI=1S/C20H27BrN2O2Si/c1-20(2,3)26(4,5)25-14-8-6-13-7-9-16(21)18(15(13)12-14)23-11-10-17(22)19(23)24/h6-9,12,17H,10-11,22H2,1-5H3. The van der Waals surface area contributed by atoms with Gasteiger partial charge in [-0.1, -0.05) is 32.9 Å². The minimum Gasteiger partial charge on any atom is -0.543 e. The van der Waals surface area contributed by atoms with E-state index in [1.807, 2.05) is 12.1 Å². The molecular weight excluding hydrogens is 408 g/mol. The van der Waals surface area contributed by atoms with E-state index in [2.05, 4.69) is 68.0 Å². The van der Waals surface area contributed by atoms with E-state index >= 15 is 0 Å². The molecule has 1 heterocycles. The van der Waals surface area contributed by atoms with Crippen LogP contribution in [0.25, 0.3) is 10.8 Å². The summed E-state index contributed by atoms with van der Waals surface area (Å²) in [5, 5.41) is 2.22. The second-order valence-corrected chi connectivity index (χ2v) is 14.1. The molecule has 2 aromatic rings. The first-order chi connectivity index (χ1) is 12.0. The number of anilines is 1. The number of nitrogens with zero attached hydrogens (tertiary/aromatic N) is 1. The van der Waals surface area contributed by atoms with Crippen LogP contribution in [-0.2, 0) is 4.79 Å². The molecule has 26 heavy (non-hydrogen) atoms. The summed E-state index contributed by atoms with van der Waals surface area (Å²) < 4.78 is 7.38. The molecule has 4 nitrogen and oxygen atoms in total. The molecule has 0 radical (unpaired) electrons. The van der Waals surface area contributed by atoms with Crippen molar-refractivity contribution in [2.24, 2.45) is 5.73 Å². The molecule has 0 spiro atoms. The van der Waals surface area contributed by atoms with Gasteiger partial charge in [-0.05, 0) is 64.1 Å². The molecule has 0 aromatic heterocycles. The van der Waals surface area contributed by atoms with Crippen molar-refractivity contribution in [2.75, 3.05) is 11.4 Å². The SMILES string of the molecule is CC(C)(C)[Si](C)(C)Oc1ccc2ccc(Br)c(N3CCC(N)C3=O)c2c1. The maximum Gasteiger partial charge on any atom is 0.250 e. The summed E-state index contributed by atoms with van der Waals surface area (Å²) in [5.41, 5.74) is 6.83. The van der Waals surface area contributed by atoms with Gasteiger partial charge in [-0.2, -0.15) is 0 Å². The molecule has 0 aliphatic carbocycles. The fourth-order valence-electron chi connectivity index (χ4n) is 2.97. The summed E-state index contributed by atoms with van der Waals surface area (Å²) in [4.78, 5) is 14.3. The van der Waals surface area contributed by atoms with Crippen LogP contribution in [0, 0.1) is 0 Å². The molecule has 6 heteroatoms. The number of carbonyl (C=O) groups excluding carboxylic acids is 1. The van der Waals surface area contributed by atoms with Crippen LogP contribution < -0.4 is 15.1 Å². The number of benzene rings is 2. The zero-order chi connectivity index (χ0) is 19.3. The van der Waals surface area contributed by atoms with E-state index in [1.165, 1.54) is 0 Å². The van der Waals surface area contributed by atoms with E-state index < -0.39 is 14.4 Å². The maximum absolute atomic E-state index is 12.5. The number of rotatable bonds is 3. The van der Waals surface area contributed by atoms with Crippen molar-refractivity contribution in [2.45, 2.75) is 51.4 Å². The first-order valence-corrected chi connectivity index (χ1v) is 12.7. The van der Waals surface area contributed by atoms with E-state index in [0.29, 0.717) is 13.0 Å². The van der Waals surface area contributed by atoms with Gasteiger partial charge in [0.1, 0.15) is 5.75 Å². The van der Waals surface area contributed by atoms with Gasteiger partial charge in [-0.3, -0.25) is 4.79 Å². The molecule has 1 atom stereocenters. The molecule has 1 unspecified atom stereocenters. The zero-order valence-corrected chi connectivity index (χ0v) is 18.7. The van der Waals surface area contributed by atoms with Crippen molar-refractivity contribution in [1.82, 2.24) is 0 Å². The first kappa shape index (κ1) is 19.4. The predicted octanol–water partition coefficient (Wildman–Crippen LogP) is 5.05. The lowest BCUT2D eigenvalue weighted by atomic mass is 10.1. The molecule has 0 saturated carbocycles. The molecule has 1 saturated heterocycles. The molecule has 1 aliphatic rings. The van der Waals surface area contributed by atoms with E-state index in [-0.39, 0.29) is 10.9 Å². The Bertz CT molecular complexity index is 861. The molecule has 140 valence electrons. The van der Waals surface area contributed by atoms with Crippen molar-refractivity contribution < 1.29 is 9.22 Å². The van der Waals surface area contributed by atoms with Gasteiger partial charge in [-0.25, -0.2) is 0 Å². The Morgan fingerprint density at radius 3 is 2.46 bits per heavy atom. The van der Waals surface area contributed by atoms with Crippen LogP contribution in [0.2, 0.25) is 18.1 Å².